The van der Waals surface area contributed by atoms with Crippen LogP contribution >= 0.6 is 0 Å². The van der Waals surface area contributed by atoms with Gasteiger partial charge in [0.1, 0.15) is 11.9 Å². The molecule has 0 fully saturated rings. The van der Waals surface area contributed by atoms with E-state index in [9.17, 15) is 9.90 Å². The second kappa shape index (κ2) is 4.09. The van der Waals surface area contributed by atoms with Gasteiger partial charge in [-0.2, -0.15) is 0 Å². The van der Waals surface area contributed by atoms with E-state index < -0.39 is 12.0 Å². The number of nitrogens with zero attached hydrogens (tertiary/aromatic N) is 4. The Labute approximate surface area is 91.5 Å². The first-order valence-electron chi connectivity index (χ1n) is 4.70. The first-order chi connectivity index (χ1) is 7.70. The molecule has 0 bridgehead atoms. The average molecular weight is 217 g/mol. The van der Waals surface area contributed by atoms with Crippen molar-refractivity contribution in [1.82, 2.24) is 20.2 Å². The Bertz CT molecular complexity index is 495. The van der Waals surface area contributed by atoms with Crippen molar-refractivity contribution < 1.29 is 9.90 Å². The Hall–Kier alpha value is -2.24. The van der Waals surface area contributed by atoms with Gasteiger partial charge in [-0.15, -0.1) is 5.10 Å². The summed E-state index contributed by atoms with van der Waals surface area (Å²) in [7, 11) is 0. The van der Waals surface area contributed by atoms with Gasteiger partial charge in [0.2, 0.25) is 0 Å². The van der Waals surface area contributed by atoms with Crippen LogP contribution in [0.4, 0.5) is 0 Å². The molecule has 0 aliphatic rings. The Morgan fingerprint density at radius 1 is 1.38 bits per heavy atom. The van der Waals surface area contributed by atoms with Gasteiger partial charge in [-0.25, -0.2) is 4.68 Å². The SMILES string of the molecule is Cc1nnnn1[C@@H](C(=O)[O-])c1ccccc1. The highest BCUT2D eigenvalue weighted by atomic mass is 16.4. The highest BCUT2D eigenvalue weighted by Gasteiger charge is 2.18. The third kappa shape index (κ3) is 1.77. The van der Waals surface area contributed by atoms with Crippen molar-refractivity contribution in [3.05, 3.63) is 41.7 Å². The summed E-state index contributed by atoms with van der Waals surface area (Å²) < 4.78 is 1.23. The second-order valence-electron chi connectivity index (χ2n) is 3.30. The topological polar surface area (TPSA) is 83.7 Å². The maximum Gasteiger partial charge on any atom is 0.149 e. The fourth-order valence-corrected chi connectivity index (χ4v) is 1.49. The van der Waals surface area contributed by atoms with E-state index in [1.165, 1.54) is 4.68 Å². The molecule has 0 saturated carbocycles. The first kappa shape index (κ1) is 10.3. The van der Waals surface area contributed by atoms with Crippen LogP contribution in [0.25, 0.3) is 0 Å². The fraction of sp³-hybridized carbons (Fsp3) is 0.200. The number of carbonyl (C=O) groups is 1. The summed E-state index contributed by atoms with van der Waals surface area (Å²) in [5.74, 6) is -0.806. The third-order valence-electron chi connectivity index (χ3n) is 2.24. The van der Waals surface area contributed by atoms with E-state index in [4.69, 9.17) is 0 Å². The van der Waals surface area contributed by atoms with Crippen LogP contribution in [0.15, 0.2) is 30.3 Å². The quantitative estimate of drug-likeness (QED) is 0.680. The minimum Gasteiger partial charge on any atom is -0.547 e. The van der Waals surface area contributed by atoms with E-state index in [1.54, 1.807) is 31.2 Å². The van der Waals surface area contributed by atoms with Gasteiger partial charge in [0, 0.05) is 0 Å². The summed E-state index contributed by atoms with van der Waals surface area (Å²) in [6.07, 6.45) is 0. The molecule has 1 heterocycles. The van der Waals surface area contributed by atoms with Crippen LogP contribution in [-0.4, -0.2) is 26.2 Å². The van der Waals surface area contributed by atoms with E-state index in [0.717, 1.165) is 0 Å². The van der Waals surface area contributed by atoms with Gasteiger partial charge < -0.3 is 9.90 Å². The van der Waals surface area contributed by atoms with Crippen LogP contribution in [0.2, 0.25) is 0 Å². The molecular formula is C10H9N4O2-. The van der Waals surface area contributed by atoms with Gasteiger partial charge in [-0.05, 0) is 22.9 Å². The van der Waals surface area contributed by atoms with E-state index >= 15 is 0 Å². The molecule has 0 aliphatic heterocycles. The maximum atomic E-state index is 11.1. The molecule has 0 N–H and O–H groups in total. The lowest BCUT2D eigenvalue weighted by atomic mass is 10.1. The number of aromatic nitrogens is 4. The number of hydrogen-bond acceptors (Lipinski definition) is 5. The highest BCUT2D eigenvalue weighted by molar-refractivity contribution is 5.73. The normalized spacial score (nSPS) is 12.3. The molecule has 1 atom stereocenters. The average Bonchev–Trinajstić information content (AvgIpc) is 2.66. The van der Waals surface area contributed by atoms with Crippen LogP contribution in [0, 0.1) is 6.92 Å². The van der Waals surface area contributed by atoms with Crippen molar-refractivity contribution in [1.29, 1.82) is 0 Å². The number of aliphatic carboxylic acids is 1. The Balaban J connectivity index is 2.48. The lowest BCUT2D eigenvalue weighted by Gasteiger charge is -2.18. The molecule has 1 aromatic heterocycles. The maximum absolute atomic E-state index is 11.1. The Morgan fingerprint density at radius 2 is 2.06 bits per heavy atom. The van der Waals surface area contributed by atoms with Gasteiger partial charge >= 0.3 is 0 Å². The van der Waals surface area contributed by atoms with Crippen molar-refractivity contribution >= 4 is 5.97 Å². The van der Waals surface area contributed by atoms with Crippen LogP contribution in [0.1, 0.15) is 17.4 Å². The zero-order valence-electron chi connectivity index (χ0n) is 8.57. The number of aryl methyl sites for hydroxylation is 1. The van der Waals surface area contributed by atoms with Gasteiger partial charge in [0.25, 0.3) is 0 Å². The molecular weight excluding hydrogens is 208 g/mol. The monoisotopic (exact) mass is 217 g/mol. The molecule has 16 heavy (non-hydrogen) atoms. The van der Waals surface area contributed by atoms with Crippen LogP contribution in [0.3, 0.4) is 0 Å². The molecule has 0 radical (unpaired) electrons. The summed E-state index contributed by atoms with van der Waals surface area (Å²) in [6, 6.07) is 7.72. The van der Waals surface area contributed by atoms with Crippen molar-refractivity contribution in [2.75, 3.05) is 0 Å². The molecule has 0 amide bonds. The summed E-state index contributed by atoms with van der Waals surface area (Å²) in [5, 5.41) is 21.9. The van der Waals surface area contributed by atoms with Crippen LogP contribution in [0.5, 0.6) is 0 Å². The molecule has 82 valence electrons. The number of tetrazole rings is 1. The lowest BCUT2D eigenvalue weighted by Crippen LogP contribution is -2.35. The van der Waals surface area contributed by atoms with Crippen molar-refractivity contribution in [2.45, 2.75) is 13.0 Å². The standard InChI is InChI=1S/C10H10N4O2/c1-7-11-12-13-14(7)9(10(15)16)8-5-3-2-4-6-8/h2-6,9H,1H3,(H,15,16)/p-1/t9-/m1/s1. The lowest BCUT2D eigenvalue weighted by molar-refractivity contribution is -0.309. The van der Waals surface area contributed by atoms with Crippen molar-refractivity contribution in [3.63, 3.8) is 0 Å². The molecule has 1 aromatic carbocycles. The van der Waals surface area contributed by atoms with Crippen LogP contribution < -0.4 is 5.11 Å². The largest absolute Gasteiger partial charge is 0.547 e. The van der Waals surface area contributed by atoms with Crippen molar-refractivity contribution in [2.24, 2.45) is 0 Å². The third-order valence-corrected chi connectivity index (χ3v) is 2.24. The second-order valence-corrected chi connectivity index (χ2v) is 3.30. The minimum absolute atomic E-state index is 0.429. The number of hydrogen-bond donors (Lipinski definition) is 0. The molecule has 2 aromatic rings. The van der Waals surface area contributed by atoms with Gasteiger partial charge in [-0.3, -0.25) is 0 Å². The van der Waals surface area contributed by atoms with Gasteiger partial charge in [0.05, 0.1) is 5.97 Å². The van der Waals surface area contributed by atoms with E-state index in [2.05, 4.69) is 15.5 Å². The van der Waals surface area contributed by atoms with Crippen molar-refractivity contribution in [3.8, 4) is 0 Å². The predicted octanol–water partition coefficient (Wildman–Crippen LogP) is -0.679. The zero-order chi connectivity index (χ0) is 11.5. The number of rotatable bonds is 3. The van der Waals surface area contributed by atoms with E-state index in [-0.39, 0.29) is 0 Å². The number of carboxylic acid groups (broad SMARTS) is 1. The smallest absolute Gasteiger partial charge is 0.149 e. The summed E-state index contributed by atoms with van der Waals surface area (Å²) in [4.78, 5) is 11.1. The number of carboxylic acids is 1. The van der Waals surface area contributed by atoms with E-state index in [0.29, 0.717) is 11.4 Å². The first-order valence-corrected chi connectivity index (χ1v) is 4.70. The zero-order valence-corrected chi connectivity index (χ0v) is 8.57. The molecule has 0 saturated heterocycles. The van der Waals surface area contributed by atoms with Crippen LogP contribution in [-0.2, 0) is 4.79 Å². The summed E-state index contributed by atoms with van der Waals surface area (Å²) >= 11 is 0. The fourth-order valence-electron chi connectivity index (χ4n) is 1.49. The van der Waals surface area contributed by atoms with Gasteiger partial charge in [0.15, 0.2) is 0 Å². The molecule has 0 spiro atoms. The molecule has 2 rings (SSSR count). The number of benzene rings is 1. The summed E-state index contributed by atoms with van der Waals surface area (Å²) in [6.45, 7) is 1.64. The van der Waals surface area contributed by atoms with Gasteiger partial charge in [-0.1, -0.05) is 30.3 Å². The number of carbonyl (C=O) groups excluding carboxylic acids is 1. The summed E-state index contributed by atoms with van der Waals surface area (Å²) in [5.41, 5.74) is 0.581. The minimum atomic E-state index is -1.23. The molecule has 0 unspecified atom stereocenters. The Kier molecular flexibility index (Phi) is 2.63. The van der Waals surface area contributed by atoms with E-state index in [1.807, 2.05) is 6.07 Å². The highest BCUT2D eigenvalue weighted by Crippen LogP contribution is 2.16. The molecule has 6 heteroatoms. The predicted molar refractivity (Wildman–Crippen MR) is 52.1 cm³/mol. The molecule has 0 aliphatic carbocycles. The molecule has 6 nitrogen and oxygen atoms in total. The Morgan fingerprint density at radius 3 is 2.56 bits per heavy atom.